The molecule has 0 rings (SSSR count). The Labute approximate surface area is 87.0 Å². The van der Waals surface area contributed by atoms with Crippen molar-refractivity contribution in [1.82, 2.24) is 5.32 Å². The van der Waals surface area contributed by atoms with Gasteiger partial charge in [-0.2, -0.15) is 11.8 Å². The van der Waals surface area contributed by atoms with Crippen LogP contribution in [0.15, 0.2) is 0 Å². The van der Waals surface area contributed by atoms with E-state index in [-0.39, 0.29) is 11.4 Å². The maximum atomic E-state index is 11.2. The predicted molar refractivity (Wildman–Crippen MR) is 59.0 cm³/mol. The molecular weight excluding hydrogens is 238 g/mol. The van der Waals surface area contributed by atoms with Crippen molar-refractivity contribution in [3.8, 4) is 0 Å². The minimum atomic E-state index is -0.129. The van der Waals surface area contributed by atoms with Crippen molar-refractivity contribution >= 4 is 33.6 Å². The van der Waals surface area contributed by atoms with Gasteiger partial charge in [-0.3, -0.25) is 4.79 Å². The molecule has 0 aromatic rings. The van der Waals surface area contributed by atoms with Crippen molar-refractivity contribution < 1.29 is 4.79 Å². The molecule has 0 aliphatic rings. The summed E-state index contributed by atoms with van der Waals surface area (Å²) in [5.74, 6) is 1.03. The molecule has 0 bridgehead atoms. The number of hydrogen-bond donors (Lipinski definition) is 1. The molecular formula is C8H16BrNOS. The molecule has 0 heterocycles. The molecule has 0 aromatic heterocycles. The van der Waals surface area contributed by atoms with Crippen LogP contribution in [0.3, 0.4) is 0 Å². The first-order valence-electron chi connectivity index (χ1n) is 3.88. The van der Waals surface area contributed by atoms with E-state index >= 15 is 0 Å². The van der Waals surface area contributed by atoms with Crippen LogP contribution in [0.25, 0.3) is 0 Å². The highest BCUT2D eigenvalue weighted by Crippen LogP contribution is 2.06. The van der Waals surface area contributed by atoms with E-state index in [0.29, 0.717) is 6.42 Å². The Morgan fingerprint density at radius 2 is 2.17 bits per heavy atom. The molecule has 4 heteroatoms. The van der Waals surface area contributed by atoms with Gasteiger partial charge in [0, 0.05) is 23.0 Å². The first-order chi connectivity index (χ1) is 5.52. The number of amides is 1. The maximum Gasteiger partial charge on any atom is 0.221 e. The van der Waals surface area contributed by atoms with Crippen LogP contribution < -0.4 is 5.32 Å². The lowest BCUT2D eigenvalue weighted by atomic mass is 10.1. The monoisotopic (exact) mass is 253 g/mol. The van der Waals surface area contributed by atoms with Gasteiger partial charge in [-0.05, 0) is 20.1 Å². The first-order valence-corrected chi connectivity index (χ1v) is 6.39. The Morgan fingerprint density at radius 3 is 2.58 bits per heavy atom. The predicted octanol–water partition coefficient (Wildman–Crippen LogP) is 2.03. The fourth-order valence-corrected chi connectivity index (χ4v) is 1.20. The number of halogens is 1. The number of hydrogen-bond acceptors (Lipinski definition) is 2. The molecule has 0 spiro atoms. The van der Waals surface area contributed by atoms with E-state index < -0.39 is 0 Å². The summed E-state index contributed by atoms with van der Waals surface area (Å²) in [6.07, 6.45) is 2.61. The summed E-state index contributed by atoms with van der Waals surface area (Å²) in [5, 5.41) is 3.72. The molecule has 0 fully saturated rings. The van der Waals surface area contributed by atoms with Gasteiger partial charge >= 0.3 is 0 Å². The van der Waals surface area contributed by atoms with Crippen molar-refractivity contribution in [1.29, 1.82) is 0 Å². The number of thioether (sulfide) groups is 1. The third-order valence-electron chi connectivity index (χ3n) is 1.35. The minimum Gasteiger partial charge on any atom is -0.350 e. The molecule has 0 unspecified atom stereocenters. The lowest BCUT2D eigenvalue weighted by Crippen LogP contribution is -2.44. The summed E-state index contributed by atoms with van der Waals surface area (Å²) in [4.78, 5) is 11.2. The molecule has 0 aromatic carbocycles. The van der Waals surface area contributed by atoms with Gasteiger partial charge in [0.15, 0.2) is 0 Å². The van der Waals surface area contributed by atoms with Gasteiger partial charge in [-0.25, -0.2) is 0 Å². The van der Waals surface area contributed by atoms with Crippen molar-refractivity contribution in [3.05, 3.63) is 0 Å². The van der Waals surface area contributed by atoms with E-state index in [4.69, 9.17) is 0 Å². The zero-order valence-corrected chi connectivity index (χ0v) is 10.2. The third-order valence-corrected chi connectivity index (χ3v) is 3.36. The number of nitrogens with one attached hydrogen (secondary N) is 1. The molecule has 0 aliphatic carbocycles. The second kappa shape index (κ2) is 5.86. The zero-order chi connectivity index (χ0) is 9.61. The van der Waals surface area contributed by atoms with Crippen LogP contribution in [-0.4, -0.2) is 28.8 Å². The van der Waals surface area contributed by atoms with Crippen molar-refractivity contribution in [2.45, 2.75) is 25.8 Å². The summed E-state index contributed by atoms with van der Waals surface area (Å²) in [7, 11) is 0. The number of carbonyl (C=O) groups is 1. The van der Waals surface area contributed by atoms with E-state index in [1.807, 2.05) is 20.1 Å². The van der Waals surface area contributed by atoms with Gasteiger partial charge in [0.25, 0.3) is 0 Å². The average molecular weight is 254 g/mol. The smallest absolute Gasteiger partial charge is 0.221 e. The molecule has 1 amide bonds. The van der Waals surface area contributed by atoms with E-state index in [2.05, 4.69) is 21.2 Å². The summed E-state index contributed by atoms with van der Waals surface area (Å²) in [5.41, 5.74) is -0.129. The molecule has 0 atom stereocenters. The van der Waals surface area contributed by atoms with Crippen LogP contribution in [0.4, 0.5) is 0 Å². The van der Waals surface area contributed by atoms with Gasteiger partial charge in [0.05, 0.1) is 0 Å². The highest BCUT2D eigenvalue weighted by molar-refractivity contribution is 9.09. The topological polar surface area (TPSA) is 29.1 Å². The second-order valence-corrected chi connectivity index (χ2v) is 4.85. The molecule has 1 N–H and O–H groups in total. The molecule has 2 nitrogen and oxygen atoms in total. The molecule has 0 radical (unpaired) electrons. The van der Waals surface area contributed by atoms with E-state index in [1.54, 1.807) is 11.8 Å². The highest BCUT2D eigenvalue weighted by Gasteiger charge is 2.17. The van der Waals surface area contributed by atoms with Crippen LogP contribution >= 0.6 is 27.7 Å². The Balaban J connectivity index is 3.68. The highest BCUT2D eigenvalue weighted by atomic mass is 79.9. The summed E-state index contributed by atoms with van der Waals surface area (Å²) in [6.45, 7) is 4.00. The van der Waals surface area contributed by atoms with Gasteiger partial charge in [-0.1, -0.05) is 15.9 Å². The fraction of sp³-hybridized carbons (Fsp3) is 0.875. The number of rotatable bonds is 5. The quantitative estimate of drug-likeness (QED) is 0.760. The Hall–Kier alpha value is 0.300. The fourth-order valence-electron chi connectivity index (χ4n) is 0.668. The van der Waals surface area contributed by atoms with Gasteiger partial charge in [0.2, 0.25) is 5.91 Å². The van der Waals surface area contributed by atoms with Crippen molar-refractivity contribution in [2.75, 3.05) is 17.3 Å². The Morgan fingerprint density at radius 1 is 1.58 bits per heavy atom. The zero-order valence-electron chi connectivity index (χ0n) is 7.82. The lowest BCUT2D eigenvalue weighted by Gasteiger charge is -2.23. The van der Waals surface area contributed by atoms with E-state index in [1.165, 1.54) is 0 Å². The van der Waals surface area contributed by atoms with Crippen LogP contribution in [0, 0.1) is 0 Å². The molecule has 0 saturated heterocycles. The number of alkyl halides is 1. The van der Waals surface area contributed by atoms with Crippen LogP contribution in [0.1, 0.15) is 20.3 Å². The minimum absolute atomic E-state index is 0.129. The number of carbonyl (C=O) groups excluding carboxylic acids is 1. The maximum absolute atomic E-state index is 11.2. The average Bonchev–Trinajstić information content (AvgIpc) is 2.00. The Kier molecular flexibility index (Phi) is 6.01. The van der Waals surface area contributed by atoms with Crippen LogP contribution in [0.2, 0.25) is 0 Å². The van der Waals surface area contributed by atoms with Crippen LogP contribution in [0.5, 0.6) is 0 Å². The summed E-state index contributed by atoms with van der Waals surface area (Å²) >= 11 is 5.04. The van der Waals surface area contributed by atoms with Gasteiger partial charge in [-0.15, -0.1) is 0 Å². The van der Waals surface area contributed by atoms with Crippen molar-refractivity contribution in [3.63, 3.8) is 0 Å². The summed E-state index contributed by atoms with van der Waals surface area (Å²) < 4.78 is 0. The molecule has 0 saturated carbocycles. The molecule has 0 aliphatic heterocycles. The van der Waals surface area contributed by atoms with Crippen molar-refractivity contribution in [2.24, 2.45) is 0 Å². The molecule has 72 valence electrons. The van der Waals surface area contributed by atoms with E-state index in [9.17, 15) is 4.79 Å². The second-order valence-electron chi connectivity index (χ2n) is 3.31. The normalized spacial score (nSPS) is 11.3. The Bertz CT molecular complexity index is 150. The van der Waals surface area contributed by atoms with Crippen LogP contribution in [-0.2, 0) is 4.79 Å². The van der Waals surface area contributed by atoms with E-state index in [0.717, 1.165) is 11.1 Å². The first kappa shape index (κ1) is 12.3. The SMILES string of the molecule is CSCCC(=O)NC(C)(C)CBr. The molecule has 12 heavy (non-hydrogen) atoms. The standard InChI is InChI=1S/C8H16BrNOS/c1-8(2,6-9)10-7(11)4-5-12-3/h4-6H2,1-3H3,(H,10,11). The van der Waals surface area contributed by atoms with Gasteiger partial charge < -0.3 is 5.32 Å². The lowest BCUT2D eigenvalue weighted by molar-refractivity contribution is -0.122. The summed E-state index contributed by atoms with van der Waals surface area (Å²) in [6, 6.07) is 0. The largest absolute Gasteiger partial charge is 0.350 e. The third kappa shape index (κ3) is 5.89. The van der Waals surface area contributed by atoms with Gasteiger partial charge in [0.1, 0.15) is 0 Å².